The number of carbonyl (C=O) groups excluding carboxylic acids is 1. The van der Waals surface area contributed by atoms with Crippen molar-refractivity contribution in [3.8, 4) is 0 Å². The molecule has 1 N–H and O–H groups in total. The SMILES string of the molecule is CN1CCNCCn2cccc2C1=O.c1ccncc1. The van der Waals surface area contributed by atoms with E-state index in [4.69, 9.17) is 0 Å². The fourth-order valence-electron chi connectivity index (χ4n) is 1.98. The lowest BCUT2D eigenvalue weighted by Crippen LogP contribution is -2.33. The van der Waals surface area contributed by atoms with Gasteiger partial charge in [0.1, 0.15) is 5.69 Å². The van der Waals surface area contributed by atoms with E-state index in [0.717, 1.165) is 31.9 Å². The normalized spacial score (nSPS) is 15.2. The highest BCUT2D eigenvalue weighted by Crippen LogP contribution is 2.06. The Morgan fingerprint density at radius 1 is 1.10 bits per heavy atom. The van der Waals surface area contributed by atoms with Crippen LogP contribution in [0.3, 0.4) is 0 Å². The molecule has 5 nitrogen and oxygen atoms in total. The van der Waals surface area contributed by atoms with Gasteiger partial charge in [-0.05, 0) is 24.3 Å². The summed E-state index contributed by atoms with van der Waals surface area (Å²) in [4.78, 5) is 17.4. The third kappa shape index (κ3) is 3.93. The maximum absolute atomic E-state index is 11.9. The van der Waals surface area contributed by atoms with Gasteiger partial charge in [-0.25, -0.2) is 0 Å². The first-order chi connectivity index (χ1) is 9.79. The first-order valence-electron chi connectivity index (χ1n) is 6.75. The molecule has 0 saturated heterocycles. The number of rotatable bonds is 0. The minimum absolute atomic E-state index is 0.110. The molecule has 0 unspecified atom stereocenters. The second-order valence-corrected chi connectivity index (χ2v) is 4.59. The molecule has 3 rings (SSSR count). The summed E-state index contributed by atoms with van der Waals surface area (Å²) >= 11 is 0. The van der Waals surface area contributed by atoms with Gasteiger partial charge >= 0.3 is 0 Å². The van der Waals surface area contributed by atoms with Crippen LogP contribution in [-0.4, -0.2) is 47.0 Å². The van der Waals surface area contributed by atoms with Crippen LogP contribution in [0.4, 0.5) is 0 Å². The smallest absolute Gasteiger partial charge is 0.270 e. The van der Waals surface area contributed by atoms with Gasteiger partial charge in [-0.15, -0.1) is 0 Å². The number of nitrogens with one attached hydrogen (secondary N) is 1. The van der Waals surface area contributed by atoms with E-state index in [1.54, 1.807) is 17.3 Å². The molecule has 1 aliphatic rings. The lowest BCUT2D eigenvalue weighted by atomic mass is 10.3. The van der Waals surface area contributed by atoms with Gasteiger partial charge in [-0.3, -0.25) is 9.78 Å². The number of amides is 1. The summed E-state index contributed by atoms with van der Waals surface area (Å²) in [7, 11) is 1.84. The van der Waals surface area contributed by atoms with Crippen LogP contribution in [0, 0.1) is 0 Å². The lowest BCUT2D eigenvalue weighted by Gasteiger charge is -2.15. The predicted octanol–water partition coefficient (Wildman–Crippen LogP) is 1.24. The van der Waals surface area contributed by atoms with Crippen molar-refractivity contribution in [3.05, 3.63) is 54.6 Å². The zero-order valence-electron chi connectivity index (χ0n) is 11.7. The van der Waals surface area contributed by atoms with E-state index in [2.05, 4.69) is 10.3 Å². The van der Waals surface area contributed by atoms with E-state index >= 15 is 0 Å². The quantitative estimate of drug-likeness (QED) is 0.785. The monoisotopic (exact) mass is 272 g/mol. The van der Waals surface area contributed by atoms with Gasteiger partial charge in [0, 0.05) is 51.8 Å². The topological polar surface area (TPSA) is 50.2 Å². The Kier molecular flexibility index (Phi) is 5.32. The number of fused-ring (bicyclic) bond motifs is 1. The van der Waals surface area contributed by atoms with Crippen molar-refractivity contribution in [1.29, 1.82) is 0 Å². The molecule has 1 aliphatic heterocycles. The molecular formula is C15H20N4O. The highest BCUT2D eigenvalue weighted by atomic mass is 16.2. The van der Waals surface area contributed by atoms with Crippen molar-refractivity contribution in [2.24, 2.45) is 0 Å². The molecule has 2 aromatic heterocycles. The minimum atomic E-state index is 0.110. The summed E-state index contributed by atoms with van der Waals surface area (Å²) in [6.07, 6.45) is 5.45. The Labute approximate surface area is 119 Å². The fraction of sp³-hybridized carbons (Fsp3) is 0.333. The highest BCUT2D eigenvalue weighted by Gasteiger charge is 2.16. The Balaban J connectivity index is 0.000000205. The van der Waals surface area contributed by atoms with Gasteiger partial charge in [0.25, 0.3) is 5.91 Å². The van der Waals surface area contributed by atoms with Crippen LogP contribution in [0.5, 0.6) is 0 Å². The van der Waals surface area contributed by atoms with Crippen LogP contribution in [0.15, 0.2) is 48.9 Å². The van der Waals surface area contributed by atoms with E-state index < -0.39 is 0 Å². The lowest BCUT2D eigenvalue weighted by molar-refractivity contribution is 0.0789. The molecule has 5 heteroatoms. The number of hydrogen-bond donors (Lipinski definition) is 1. The van der Waals surface area contributed by atoms with Crippen molar-refractivity contribution in [3.63, 3.8) is 0 Å². The maximum Gasteiger partial charge on any atom is 0.270 e. The third-order valence-electron chi connectivity index (χ3n) is 3.12. The van der Waals surface area contributed by atoms with Crippen molar-refractivity contribution in [2.45, 2.75) is 6.54 Å². The molecule has 106 valence electrons. The predicted molar refractivity (Wildman–Crippen MR) is 78.5 cm³/mol. The van der Waals surface area contributed by atoms with Gasteiger partial charge < -0.3 is 14.8 Å². The molecular weight excluding hydrogens is 252 g/mol. The second-order valence-electron chi connectivity index (χ2n) is 4.59. The largest absolute Gasteiger partial charge is 0.342 e. The van der Waals surface area contributed by atoms with Gasteiger partial charge in [0.05, 0.1) is 0 Å². The summed E-state index contributed by atoms with van der Waals surface area (Å²) < 4.78 is 2.00. The van der Waals surface area contributed by atoms with Crippen LogP contribution in [0.25, 0.3) is 0 Å². The van der Waals surface area contributed by atoms with E-state index in [9.17, 15) is 4.79 Å². The van der Waals surface area contributed by atoms with Gasteiger partial charge in [-0.2, -0.15) is 0 Å². The molecule has 0 spiro atoms. The molecule has 0 atom stereocenters. The van der Waals surface area contributed by atoms with Gasteiger partial charge in [0.15, 0.2) is 0 Å². The molecule has 0 saturated carbocycles. The van der Waals surface area contributed by atoms with E-state index in [-0.39, 0.29) is 5.91 Å². The van der Waals surface area contributed by atoms with E-state index in [1.807, 2.05) is 48.1 Å². The number of likely N-dealkylation sites (N-methyl/N-ethyl adjacent to an activating group) is 1. The summed E-state index contributed by atoms with van der Waals surface area (Å²) in [5.41, 5.74) is 0.788. The van der Waals surface area contributed by atoms with E-state index in [0.29, 0.717) is 0 Å². The molecule has 0 aliphatic carbocycles. The number of pyridine rings is 1. The van der Waals surface area contributed by atoms with Crippen LogP contribution in [0.2, 0.25) is 0 Å². The van der Waals surface area contributed by atoms with Crippen LogP contribution >= 0.6 is 0 Å². The average Bonchev–Trinajstić information content (AvgIpc) is 2.97. The zero-order chi connectivity index (χ0) is 14.2. The highest BCUT2D eigenvalue weighted by molar-refractivity contribution is 5.92. The minimum Gasteiger partial charge on any atom is -0.342 e. The zero-order valence-corrected chi connectivity index (χ0v) is 11.7. The van der Waals surface area contributed by atoms with Crippen molar-refractivity contribution < 1.29 is 4.79 Å². The average molecular weight is 272 g/mol. The summed E-state index contributed by atoms with van der Waals surface area (Å²) in [5, 5.41) is 3.29. The van der Waals surface area contributed by atoms with Gasteiger partial charge in [-0.1, -0.05) is 6.07 Å². The molecule has 0 radical (unpaired) electrons. The number of nitrogens with zero attached hydrogens (tertiary/aromatic N) is 3. The number of carbonyl (C=O) groups is 1. The summed E-state index contributed by atoms with van der Waals surface area (Å²) in [5.74, 6) is 0.110. The summed E-state index contributed by atoms with van der Waals surface area (Å²) in [6.45, 7) is 3.42. The standard InChI is InChI=1S/C10H15N3O.C5H5N/c1-12-7-4-11-5-8-13-6-2-3-9(13)10(12)14;1-2-4-6-5-3-1/h2-3,6,11H,4-5,7-8H2,1H3;1-5H. The Hall–Kier alpha value is -2.14. The molecule has 0 aromatic carbocycles. The first-order valence-corrected chi connectivity index (χ1v) is 6.75. The molecule has 0 bridgehead atoms. The van der Waals surface area contributed by atoms with Gasteiger partial charge in [0.2, 0.25) is 0 Å². The molecule has 3 heterocycles. The molecule has 0 fully saturated rings. The Morgan fingerprint density at radius 2 is 1.85 bits per heavy atom. The van der Waals surface area contributed by atoms with Crippen LogP contribution in [-0.2, 0) is 6.54 Å². The Morgan fingerprint density at radius 3 is 2.50 bits per heavy atom. The number of hydrogen-bond acceptors (Lipinski definition) is 3. The Bertz CT molecular complexity index is 497. The van der Waals surface area contributed by atoms with E-state index in [1.165, 1.54) is 0 Å². The van der Waals surface area contributed by atoms with Crippen molar-refractivity contribution >= 4 is 5.91 Å². The van der Waals surface area contributed by atoms with Crippen LogP contribution in [0.1, 0.15) is 10.5 Å². The first kappa shape index (κ1) is 14.3. The molecule has 1 amide bonds. The fourth-order valence-corrected chi connectivity index (χ4v) is 1.98. The third-order valence-corrected chi connectivity index (χ3v) is 3.12. The number of aromatic nitrogens is 2. The van der Waals surface area contributed by atoms with Crippen LogP contribution < -0.4 is 5.32 Å². The van der Waals surface area contributed by atoms with Crippen molar-refractivity contribution in [2.75, 3.05) is 26.7 Å². The van der Waals surface area contributed by atoms with Crippen molar-refractivity contribution in [1.82, 2.24) is 19.8 Å². The summed E-state index contributed by atoms with van der Waals surface area (Å²) in [6, 6.07) is 9.51. The second kappa shape index (κ2) is 7.45. The maximum atomic E-state index is 11.9. The molecule has 2 aromatic rings. The molecule has 20 heavy (non-hydrogen) atoms.